The molecule has 86 valence electrons. The van der Waals surface area contributed by atoms with Crippen molar-refractivity contribution in [1.82, 2.24) is 4.98 Å². The molecule has 15 heavy (non-hydrogen) atoms. The molecular formula is C9H15F2N3S. The van der Waals surface area contributed by atoms with Gasteiger partial charge in [-0.3, -0.25) is 0 Å². The maximum Gasteiger partial charge on any atom is 0.285 e. The van der Waals surface area contributed by atoms with Gasteiger partial charge in [-0.2, -0.15) is 0 Å². The summed E-state index contributed by atoms with van der Waals surface area (Å²) in [5.74, 6) is -2.86. The van der Waals surface area contributed by atoms with Gasteiger partial charge in [-0.05, 0) is 13.5 Å². The Labute approximate surface area is 91.9 Å². The smallest absolute Gasteiger partial charge is 0.285 e. The van der Waals surface area contributed by atoms with Crippen LogP contribution in [0.3, 0.4) is 0 Å². The Kier molecular flexibility index (Phi) is 3.62. The molecule has 0 radical (unpaired) electrons. The molecule has 0 aromatic carbocycles. The van der Waals surface area contributed by atoms with Crippen molar-refractivity contribution in [1.29, 1.82) is 0 Å². The number of thiazole rings is 1. The fourth-order valence-electron chi connectivity index (χ4n) is 1.21. The molecule has 0 atom stereocenters. The predicted octanol–water partition coefficient (Wildman–Crippen LogP) is 1.96. The Bertz CT molecular complexity index is 336. The Morgan fingerprint density at radius 2 is 2.07 bits per heavy atom. The summed E-state index contributed by atoms with van der Waals surface area (Å²) in [6.07, 6.45) is -0.330. The third-order valence-electron chi connectivity index (χ3n) is 1.96. The molecule has 0 unspecified atom stereocenters. The van der Waals surface area contributed by atoms with E-state index in [1.165, 1.54) is 0 Å². The van der Waals surface area contributed by atoms with E-state index in [9.17, 15) is 8.78 Å². The molecule has 1 aromatic rings. The number of nitrogens with two attached hydrogens (primary N) is 1. The third kappa shape index (κ3) is 2.63. The van der Waals surface area contributed by atoms with E-state index in [-0.39, 0.29) is 17.8 Å². The number of alkyl halides is 2. The Morgan fingerprint density at radius 1 is 1.47 bits per heavy atom. The largest absolute Gasteiger partial charge is 0.354 e. The van der Waals surface area contributed by atoms with Crippen LogP contribution in [-0.4, -0.2) is 25.6 Å². The van der Waals surface area contributed by atoms with Crippen molar-refractivity contribution in [3.05, 3.63) is 10.6 Å². The van der Waals surface area contributed by atoms with E-state index in [1.54, 1.807) is 25.9 Å². The van der Waals surface area contributed by atoms with E-state index < -0.39 is 5.92 Å². The highest BCUT2D eigenvalue weighted by atomic mass is 32.1. The first-order chi connectivity index (χ1) is 6.88. The molecule has 0 saturated heterocycles. The van der Waals surface area contributed by atoms with Crippen LogP contribution in [0.1, 0.15) is 17.0 Å². The van der Waals surface area contributed by atoms with E-state index in [0.717, 1.165) is 11.3 Å². The minimum absolute atomic E-state index is 0.0247. The molecule has 1 heterocycles. The lowest BCUT2D eigenvalue weighted by atomic mass is 10.2. The van der Waals surface area contributed by atoms with Gasteiger partial charge in [0.2, 0.25) is 0 Å². The van der Waals surface area contributed by atoms with Gasteiger partial charge in [0, 0.05) is 20.5 Å². The number of hydrogen-bond donors (Lipinski definition) is 1. The van der Waals surface area contributed by atoms with Gasteiger partial charge < -0.3 is 10.6 Å². The average Bonchev–Trinajstić information content (AvgIpc) is 2.47. The van der Waals surface area contributed by atoms with Gasteiger partial charge in [0.05, 0.1) is 10.6 Å². The second kappa shape index (κ2) is 4.40. The molecule has 1 aromatic heterocycles. The highest BCUT2D eigenvalue weighted by Crippen LogP contribution is 2.39. The summed E-state index contributed by atoms with van der Waals surface area (Å²) in [7, 11) is 3.56. The molecule has 0 bridgehead atoms. The standard InChI is InChI=1S/C9H15F2N3S/c1-6-7(9(10,11)4-5-12)15-8(13-6)14(2)3/h4-5,12H2,1-3H3. The molecule has 0 aliphatic rings. The first-order valence-corrected chi connectivity index (χ1v) is 5.43. The van der Waals surface area contributed by atoms with Crippen molar-refractivity contribution in [3.63, 3.8) is 0 Å². The molecule has 0 aliphatic carbocycles. The molecule has 3 nitrogen and oxygen atoms in total. The van der Waals surface area contributed by atoms with Crippen LogP contribution in [0.25, 0.3) is 0 Å². The minimum Gasteiger partial charge on any atom is -0.354 e. The predicted molar refractivity (Wildman–Crippen MR) is 58.7 cm³/mol. The van der Waals surface area contributed by atoms with Crippen LogP contribution >= 0.6 is 11.3 Å². The highest BCUT2D eigenvalue weighted by Gasteiger charge is 2.35. The second-order valence-electron chi connectivity index (χ2n) is 3.55. The SMILES string of the molecule is Cc1nc(N(C)C)sc1C(F)(F)CCN. The summed E-state index contributed by atoms with van der Waals surface area (Å²) in [6, 6.07) is 0. The van der Waals surface area contributed by atoms with Crippen molar-refractivity contribution in [2.24, 2.45) is 5.73 Å². The fraction of sp³-hybridized carbons (Fsp3) is 0.667. The Morgan fingerprint density at radius 3 is 2.47 bits per heavy atom. The lowest BCUT2D eigenvalue weighted by Gasteiger charge is -2.13. The van der Waals surface area contributed by atoms with Gasteiger partial charge in [-0.1, -0.05) is 11.3 Å². The Balaban J connectivity index is 3.03. The van der Waals surface area contributed by atoms with E-state index in [1.807, 2.05) is 0 Å². The van der Waals surface area contributed by atoms with Crippen LogP contribution in [0, 0.1) is 6.92 Å². The number of halogens is 2. The number of nitrogens with zero attached hydrogens (tertiary/aromatic N) is 2. The van der Waals surface area contributed by atoms with Gasteiger partial charge in [-0.25, -0.2) is 13.8 Å². The zero-order valence-electron chi connectivity index (χ0n) is 9.05. The maximum atomic E-state index is 13.6. The van der Waals surface area contributed by atoms with Crippen LogP contribution in [0.2, 0.25) is 0 Å². The lowest BCUT2D eigenvalue weighted by molar-refractivity contribution is -0.00761. The van der Waals surface area contributed by atoms with Crippen LogP contribution in [-0.2, 0) is 5.92 Å². The molecular weight excluding hydrogens is 220 g/mol. The third-order valence-corrected chi connectivity index (χ3v) is 3.40. The van der Waals surface area contributed by atoms with E-state index >= 15 is 0 Å². The topological polar surface area (TPSA) is 42.2 Å². The number of hydrogen-bond acceptors (Lipinski definition) is 4. The molecule has 1 rings (SSSR count). The second-order valence-corrected chi connectivity index (χ2v) is 4.53. The number of aromatic nitrogens is 1. The van der Waals surface area contributed by atoms with Crippen LogP contribution in [0.15, 0.2) is 0 Å². The summed E-state index contributed by atoms with van der Waals surface area (Å²) >= 11 is 1.02. The van der Waals surface area contributed by atoms with Gasteiger partial charge in [-0.15, -0.1) is 0 Å². The van der Waals surface area contributed by atoms with Gasteiger partial charge in [0.1, 0.15) is 0 Å². The molecule has 0 fully saturated rings. The van der Waals surface area contributed by atoms with E-state index in [0.29, 0.717) is 10.8 Å². The lowest BCUT2D eigenvalue weighted by Crippen LogP contribution is -2.18. The molecule has 0 amide bonds. The molecule has 6 heteroatoms. The molecule has 0 spiro atoms. The van der Waals surface area contributed by atoms with Gasteiger partial charge >= 0.3 is 0 Å². The number of anilines is 1. The summed E-state index contributed by atoms with van der Waals surface area (Å²) in [5, 5.41) is 0.596. The van der Waals surface area contributed by atoms with Crippen molar-refractivity contribution in [3.8, 4) is 0 Å². The summed E-state index contributed by atoms with van der Waals surface area (Å²) in [4.78, 5) is 5.83. The quantitative estimate of drug-likeness (QED) is 0.867. The summed E-state index contributed by atoms with van der Waals surface area (Å²) in [6.45, 7) is 1.57. The highest BCUT2D eigenvalue weighted by molar-refractivity contribution is 7.15. The molecule has 2 N–H and O–H groups in total. The van der Waals surface area contributed by atoms with Crippen LogP contribution in [0.5, 0.6) is 0 Å². The molecule has 0 saturated carbocycles. The monoisotopic (exact) mass is 235 g/mol. The Hall–Kier alpha value is -0.750. The zero-order valence-corrected chi connectivity index (χ0v) is 9.87. The summed E-state index contributed by atoms with van der Waals surface area (Å²) in [5.41, 5.74) is 5.55. The van der Waals surface area contributed by atoms with Crippen molar-refractivity contribution < 1.29 is 8.78 Å². The summed E-state index contributed by atoms with van der Waals surface area (Å²) < 4.78 is 27.1. The molecule has 0 aliphatic heterocycles. The number of rotatable bonds is 4. The van der Waals surface area contributed by atoms with Gasteiger partial charge in [0.25, 0.3) is 5.92 Å². The van der Waals surface area contributed by atoms with Crippen LogP contribution < -0.4 is 10.6 Å². The first kappa shape index (κ1) is 12.3. The first-order valence-electron chi connectivity index (χ1n) is 4.61. The van der Waals surface area contributed by atoms with E-state index in [2.05, 4.69) is 4.98 Å². The van der Waals surface area contributed by atoms with E-state index in [4.69, 9.17) is 5.73 Å². The fourth-order valence-corrected chi connectivity index (χ4v) is 2.20. The average molecular weight is 235 g/mol. The van der Waals surface area contributed by atoms with Crippen molar-refractivity contribution >= 4 is 16.5 Å². The minimum atomic E-state index is -2.86. The van der Waals surface area contributed by atoms with Crippen LogP contribution in [0.4, 0.5) is 13.9 Å². The van der Waals surface area contributed by atoms with Crippen molar-refractivity contribution in [2.45, 2.75) is 19.3 Å². The maximum absolute atomic E-state index is 13.6. The van der Waals surface area contributed by atoms with Crippen molar-refractivity contribution in [2.75, 3.05) is 25.5 Å². The zero-order chi connectivity index (χ0) is 11.6. The normalized spacial score (nSPS) is 11.9. The number of aryl methyl sites for hydroxylation is 1. The van der Waals surface area contributed by atoms with Gasteiger partial charge in [0.15, 0.2) is 5.13 Å².